The molecular formula is C26H24N2O2. The Labute approximate surface area is 176 Å². The zero-order valence-corrected chi connectivity index (χ0v) is 17.2. The summed E-state index contributed by atoms with van der Waals surface area (Å²) in [5, 5.41) is 2.98. The minimum Gasteiger partial charge on any atom is -0.440 e. The molecule has 1 heterocycles. The SMILES string of the molecule is Cc1ccc(NC(=O)CCc2nc(-c3ccccc3)c(-c3ccccc3)o2)c(C)c1. The second-order valence-corrected chi connectivity index (χ2v) is 7.38. The molecule has 4 rings (SSSR count). The third-order valence-electron chi connectivity index (χ3n) is 4.98. The van der Waals surface area contributed by atoms with Gasteiger partial charge in [0.25, 0.3) is 0 Å². The van der Waals surface area contributed by atoms with Gasteiger partial charge >= 0.3 is 0 Å². The van der Waals surface area contributed by atoms with E-state index in [0.29, 0.717) is 18.7 Å². The van der Waals surface area contributed by atoms with Crippen molar-refractivity contribution in [1.29, 1.82) is 0 Å². The maximum atomic E-state index is 12.5. The lowest BCUT2D eigenvalue weighted by Gasteiger charge is -2.08. The Morgan fingerprint density at radius 1 is 0.900 bits per heavy atom. The first kappa shape index (κ1) is 19.6. The van der Waals surface area contributed by atoms with Gasteiger partial charge in [-0.2, -0.15) is 0 Å². The Bertz CT molecular complexity index is 1090. The highest BCUT2D eigenvalue weighted by Gasteiger charge is 2.17. The van der Waals surface area contributed by atoms with Crippen molar-refractivity contribution in [3.05, 3.63) is 95.9 Å². The van der Waals surface area contributed by atoms with E-state index in [-0.39, 0.29) is 5.91 Å². The fourth-order valence-corrected chi connectivity index (χ4v) is 3.44. The zero-order valence-electron chi connectivity index (χ0n) is 17.2. The molecule has 4 aromatic rings. The second-order valence-electron chi connectivity index (χ2n) is 7.38. The van der Waals surface area contributed by atoms with Crippen LogP contribution in [0, 0.1) is 13.8 Å². The van der Waals surface area contributed by atoms with Gasteiger partial charge in [-0.3, -0.25) is 4.79 Å². The van der Waals surface area contributed by atoms with Crippen LogP contribution in [0.15, 0.2) is 83.3 Å². The van der Waals surface area contributed by atoms with Crippen molar-refractivity contribution < 1.29 is 9.21 Å². The average Bonchev–Trinajstić information content (AvgIpc) is 3.20. The number of carbonyl (C=O) groups is 1. The second kappa shape index (κ2) is 8.78. The average molecular weight is 396 g/mol. The van der Waals surface area contributed by atoms with Crippen molar-refractivity contribution in [3.8, 4) is 22.6 Å². The van der Waals surface area contributed by atoms with Crippen molar-refractivity contribution in [2.45, 2.75) is 26.7 Å². The number of aryl methyl sites for hydroxylation is 3. The quantitative estimate of drug-likeness (QED) is 0.422. The van der Waals surface area contributed by atoms with Crippen LogP contribution in [-0.2, 0) is 11.2 Å². The molecule has 4 nitrogen and oxygen atoms in total. The van der Waals surface area contributed by atoms with Crippen molar-refractivity contribution in [1.82, 2.24) is 4.98 Å². The van der Waals surface area contributed by atoms with E-state index in [4.69, 9.17) is 9.40 Å². The van der Waals surface area contributed by atoms with Gasteiger partial charge in [0.2, 0.25) is 5.91 Å². The fourth-order valence-electron chi connectivity index (χ4n) is 3.44. The summed E-state index contributed by atoms with van der Waals surface area (Å²) in [6, 6.07) is 25.9. The summed E-state index contributed by atoms with van der Waals surface area (Å²) in [5.41, 5.74) is 5.82. The normalized spacial score (nSPS) is 10.7. The number of rotatable bonds is 6. The van der Waals surface area contributed by atoms with Crippen LogP contribution in [0.3, 0.4) is 0 Å². The Morgan fingerprint density at radius 3 is 2.23 bits per heavy atom. The molecule has 0 radical (unpaired) electrons. The van der Waals surface area contributed by atoms with Gasteiger partial charge in [-0.25, -0.2) is 4.98 Å². The van der Waals surface area contributed by atoms with Crippen LogP contribution in [-0.4, -0.2) is 10.9 Å². The first-order valence-corrected chi connectivity index (χ1v) is 10.1. The van der Waals surface area contributed by atoms with Gasteiger partial charge in [0.05, 0.1) is 0 Å². The van der Waals surface area contributed by atoms with Crippen LogP contribution >= 0.6 is 0 Å². The molecule has 30 heavy (non-hydrogen) atoms. The molecule has 0 saturated carbocycles. The predicted octanol–water partition coefficient (Wildman–Crippen LogP) is 6.20. The van der Waals surface area contributed by atoms with Crippen LogP contribution in [0.4, 0.5) is 5.69 Å². The van der Waals surface area contributed by atoms with Gasteiger partial charge in [0.15, 0.2) is 11.7 Å². The van der Waals surface area contributed by atoms with Crippen LogP contribution in [0.25, 0.3) is 22.6 Å². The third-order valence-corrected chi connectivity index (χ3v) is 4.98. The maximum Gasteiger partial charge on any atom is 0.224 e. The summed E-state index contributed by atoms with van der Waals surface area (Å²) in [4.78, 5) is 17.2. The standard InChI is InChI=1S/C26H24N2O2/c1-18-13-14-22(19(2)17-18)27-23(29)15-16-24-28-25(20-9-5-3-6-10-20)26(30-24)21-11-7-4-8-12-21/h3-14,17H,15-16H2,1-2H3,(H,27,29). The molecule has 0 aliphatic rings. The summed E-state index contributed by atoms with van der Waals surface area (Å²) in [6.07, 6.45) is 0.736. The van der Waals surface area contributed by atoms with E-state index in [0.717, 1.165) is 33.8 Å². The van der Waals surface area contributed by atoms with Gasteiger partial charge in [-0.1, -0.05) is 78.4 Å². The molecule has 0 aliphatic carbocycles. The Kier molecular flexibility index (Phi) is 5.75. The van der Waals surface area contributed by atoms with Gasteiger partial charge in [-0.05, 0) is 25.5 Å². The van der Waals surface area contributed by atoms with Crippen LogP contribution < -0.4 is 5.32 Å². The van der Waals surface area contributed by atoms with Gasteiger partial charge < -0.3 is 9.73 Å². The Morgan fingerprint density at radius 2 is 1.57 bits per heavy atom. The Balaban J connectivity index is 1.53. The number of oxazole rings is 1. The lowest BCUT2D eigenvalue weighted by molar-refractivity contribution is -0.116. The third kappa shape index (κ3) is 4.49. The molecule has 0 spiro atoms. The summed E-state index contributed by atoms with van der Waals surface area (Å²) < 4.78 is 6.10. The van der Waals surface area contributed by atoms with Gasteiger partial charge in [0, 0.05) is 29.7 Å². The highest BCUT2D eigenvalue weighted by atomic mass is 16.4. The smallest absolute Gasteiger partial charge is 0.224 e. The van der Waals surface area contributed by atoms with Crippen molar-refractivity contribution in [2.75, 3.05) is 5.32 Å². The number of benzene rings is 3. The maximum absolute atomic E-state index is 12.5. The summed E-state index contributed by atoms with van der Waals surface area (Å²) >= 11 is 0. The molecule has 0 atom stereocenters. The molecule has 0 bridgehead atoms. The topological polar surface area (TPSA) is 55.1 Å². The van der Waals surface area contributed by atoms with Crippen molar-refractivity contribution >= 4 is 11.6 Å². The lowest BCUT2D eigenvalue weighted by Crippen LogP contribution is -2.13. The number of nitrogens with one attached hydrogen (secondary N) is 1. The molecule has 3 aromatic carbocycles. The molecule has 1 aromatic heterocycles. The number of carbonyl (C=O) groups excluding carboxylic acids is 1. The van der Waals surface area contributed by atoms with E-state index in [2.05, 4.69) is 11.4 Å². The van der Waals surface area contributed by atoms with Crippen molar-refractivity contribution in [3.63, 3.8) is 0 Å². The van der Waals surface area contributed by atoms with Crippen LogP contribution in [0.2, 0.25) is 0 Å². The van der Waals surface area contributed by atoms with E-state index >= 15 is 0 Å². The number of hydrogen-bond donors (Lipinski definition) is 1. The highest BCUT2D eigenvalue weighted by Crippen LogP contribution is 2.32. The first-order chi connectivity index (χ1) is 14.6. The molecule has 4 heteroatoms. The molecule has 1 N–H and O–H groups in total. The molecular weight excluding hydrogens is 372 g/mol. The minimum absolute atomic E-state index is 0.0531. The monoisotopic (exact) mass is 396 g/mol. The fraction of sp³-hybridized carbons (Fsp3) is 0.154. The van der Waals surface area contributed by atoms with Crippen LogP contribution in [0.1, 0.15) is 23.4 Å². The number of nitrogens with zero attached hydrogens (tertiary/aromatic N) is 1. The first-order valence-electron chi connectivity index (χ1n) is 10.1. The molecule has 150 valence electrons. The molecule has 0 saturated heterocycles. The highest BCUT2D eigenvalue weighted by molar-refractivity contribution is 5.91. The Hall–Kier alpha value is -3.66. The molecule has 0 fully saturated rings. The minimum atomic E-state index is -0.0531. The predicted molar refractivity (Wildman–Crippen MR) is 120 cm³/mol. The van der Waals surface area contributed by atoms with E-state index in [9.17, 15) is 4.79 Å². The number of anilines is 1. The van der Waals surface area contributed by atoms with Crippen molar-refractivity contribution in [2.24, 2.45) is 0 Å². The summed E-state index contributed by atoms with van der Waals surface area (Å²) in [7, 11) is 0. The number of aromatic nitrogens is 1. The summed E-state index contributed by atoms with van der Waals surface area (Å²) in [5.74, 6) is 1.23. The van der Waals surface area contributed by atoms with E-state index < -0.39 is 0 Å². The largest absolute Gasteiger partial charge is 0.440 e. The molecule has 1 amide bonds. The van der Waals surface area contributed by atoms with Crippen LogP contribution in [0.5, 0.6) is 0 Å². The summed E-state index contributed by atoms with van der Waals surface area (Å²) in [6.45, 7) is 4.03. The van der Waals surface area contributed by atoms with E-state index in [1.807, 2.05) is 86.6 Å². The van der Waals surface area contributed by atoms with Gasteiger partial charge in [0.1, 0.15) is 5.69 Å². The molecule has 0 unspecified atom stereocenters. The van der Waals surface area contributed by atoms with E-state index in [1.54, 1.807) is 0 Å². The lowest BCUT2D eigenvalue weighted by atomic mass is 10.1. The van der Waals surface area contributed by atoms with Gasteiger partial charge in [-0.15, -0.1) is 0 Å². The van der Waals surface area contributed by atoms with E-state index in [1.165, 1.54) is 5.56 Å². The zero-order chi connectivity index (χ0) is 20.9. The number of amides is 1. The number of hydrogen-bond acceptors (Lipinski definition) is 3. The molecule has 0 aliphatic heterocycles.